The smallest absolute Gasteiger partial charge is 0.260 e. The predicted octanol–water partition coefficient (Wildman–Crippen LogP) is 5.77. The second kappa shape index (κ2) is 10.0. The Morgan fingerprint density at radius 1 is 0.943 bits per heavy atom. The van der Waals surface area contributed by atoms with E-state index in [2.05, 4.69) is 11.1 Å². The first-order chi connectivity index (χ1) is 17.1. The Kier molecular flexibility index (Phi) is 6.50. The molecule has 0 bridgehead atoms. The third-order valence-electron chi connectivity index (χ3n) is 5.80. The molecule has 3 aromatic carbocycles. The van der Waals surface area contributed by atoms with Gasteiger partial charge in [-0.05, 0) is 43.2 Å². The number of hydrogen-bond acceptors (Lipinski definition) is 5. The SMILES string of the molecule is Cc1ccc2nc(N(CCCn3ccnc3)C(=O)c3ccc(C(=O)c4ccccc4)cc3)sc2c1. The highest BCUT2D eigenvalue weighted by Gasteiger charge is 2.22. The van der Waals surface area contributed by atoms with Crippen LogP contribution in [0.25, 0.3) is 10.2 Å². The molecule has 0 fully saturated rings. The van der Waals surface area contributed by atoms with Gasteiger partial charge in [-0.1, -0.05) is 59.9 Å². The largest absolute Gasteiger partial charge is 0.337 e. The molecule has 0 atom stereocenters. The van der Waals surface area contributed by atoms with E-state index >= 15 is 0 Å². The highest BCUT2D eigenvalue weighted by atomic mass is 32.1. The number of aryl methyl sites for hydroxylation is 2. The van der Waals surface area contributed by atoms with Crippen molar-refractivity contribution in [2.24, 2.45) is 0 Å². The molecule has 0 spiro atoms. The number of nitrogens with zero attached hydrogens (tertiary/aromatic N) is 4. The number of fused-ring (bicyclic) bond motifs is 1. The number of rotatable bonds is 8. The van der Waals surface area contributed by atoms with E-state index in [-0.39, 0.29) is 11.7 Å². The van der Waals surface area contributed by atoms with Gasteiger partial charge >= 0.3 is 0 Å². The van der Waals surface area contributed by atoms with E-state index in [9.17, 15) is 9.59 Å². The third kappa shape index (κ3) is 5.05. The molecular weight excluding hydrogens is 456 g/mol. The lowest BCUT2D eigenvalue weighted by atomic mass is 10.0. The summed E-state index contributed by atoms with van der Waals surface area (Å²) in [7, 11) is 0. The van der Waals surface area contributed by atoms with Crippen LogP contribution in [0.3, 0.4) is 0 Å². The number of carbonyl (C=O) groups is 2. The van der Waals surface area contributed by atoms with Crippen molar-refractivity contribution >= 4 is 38.4 Å². The molecule has 0 aliphatic carbocycles. The summed E-state index contributed by atoms with van der Waals surface area (Å²) in [5, 5.41) is 0.672. The summed E-state index contributed by atoms with van der Waals surface area (Å²) in [4.78, 5) is 37.0. The number of benzene rings is 3. The minimum Gasteiger partial charge on any atom is -0.337 e. The topological polar surface area (TPSA) is 68.1 Å². The highest BCUT2D eigenvalue weighted by molar-refractivity contribution is 7.22. The number of thiazole rings is 1. The molecule has 35 heavy (non-hydrogen) atoms. The normalized spacial score (nSPS) is 11.0. The van der Waals surface area contributed by atoms with Gasteiger partial charge in [-0.25, -0.2) is 9.97 Å². The number of ketones is 1. The maximum atomic E-state index is 13.6. The zero-order valence-corrected chi connectivity index (χ0v) is 20.1. The van der Waals surface area contributed by atoms with Gasteiger partial charge in [0, 0.05) is 42.2 Å². The lowest BCUT2D eigenvalue weighted by molar-refractivity contribution is 0.0984. The fraction of sp³-hybridized carbons (Fsp3) is 0.143. The lowest BCUT2D eigenvalue weighted by Gasteiger charge is -2.20. The van der Waals surface area contributed by atoms with Gasteiger partial charge in [-0.15, -0.1) is 0 Å². The molecule has 5 aromatic rings. The summed E-state index contributed by atoms with van der Waals surface area (Å²) in [6.45, 7) is 3.31. The van der Waals surface area contributed by atoms with Crippen LogP contribution in [0.5, 0.6) is 0 Å². The van der Waals surface area contributed by atoms with Crippen LogP contribution in [-0.4, -0.2) is 32.8 Å². The molecule has 0 aliphatic rings. The zero-order chi connectivity index (χ0) is 24.2. The summed E-state index contributed by atoms with van der Waals surface area (Å²) in [6, 6.07) is 22.1. The van der Waals surface area contributed by atoms with Crippen molar-refractivity contribution < 1.29 is 9.59 Å². The van der Waals surface area contributed by atoms with E-state index in [1.54, 1.807) is 53.8 Å². The van der Waals surface area contributed by atoms with Gasteiger partial charge in [0.15, 0.2) is 10.9 Å². The van der Waals surface area contributed by atoms with Crippen LogP contribution in [0.15, 0.2) is 91.5 Å². The Bertz CT molecular complexity index is 1460. The number of hydrogen-bond donors (Lipinski definition) is 0. The number of aromatic nitrogens is 3. The maximum Gasteiger partial charge on any atom is 0.260 e. The molecule has 0 radical (unpaired) electrons. The Balaban J connectivity index is 1.40. The summed E-state index contributed by atoms with van der Waals surface area (Å²) >= 11 is 1.52. The first-order valence-electron chi connectivity index (χ1n) is 11.4. The van der Waals surface area contributed by atoms with Crippen LogP contribution in [0.4, 0.5) is 5.13 Å². The van der Waals surface area contributed by atoms with Gasteiger partial charge < -0.3 is 4.57 Å². The van der Waals surface area contributed by atoms with Gasteiger partial charge in [-0.2, -0.15) is 0 Å². The van der Waals surface area contributed by atoms with Crippen molar-refractivity contribution in [3.8, 4) is 0 Å². The maximum absolute atomic E-state index is 13.6. The lowest BCUT2D eigenvalue weighted by Crippen LogP contribution is -2.32. The average Bonchev–Trinajstić information content (AvgIpc) is 3.56. The molecule has 174 valence electrons. The van der Waals surface area contributed by atoms with Crippen LogP contribution in [0.1, 0.15) is 38.3 Å². The molecule has 7 heteroatoms. The van der Waals surface area contributed by atoms with E-state index < -0.39 is 0 Å². The molecule has 6 nitrogen and oxygen atoms in total. The summed E-state index contributed by atoms with van der Waals surface area (Å²) in [6.07, 6.45) is 6.18. The van der Waals surface area contributed by atoms with Crippen LogP contribution in [-0.2, 0) is 6.54 Å². The Hall–Kier alpha value is -4.10. The van der Waals surface area contributed by atoms with Crippen LogP contribution >= 0.6 is 11.3 Å². The fourth-order valence-electron chi connectivity index (χ4n) is 3.93. The van der Waals surface area contributed by atoms with Crippen LogP contribution in [0, 0.1) is 6.92 Å². The monoisotopic (exact) mass is 480 g/mol. The second-order valence-electron chi connectivity index (χ2n) is 8.35. The van der Waals surface area contributed by atoms with Crippen molar-refractivity contribution in [3.63, 3.8) is 0 Å². The number of anilines is 1. The van der Waals surface area contributed by atoms with Crippen molar-refractivity contribution in [2.75, 3.05) is 11.4 Å². The minimum absolute atomic E-state index is 0.0664. The van der Waals surface area contributed by atoms with Crippen LogP contribution < -0.4 is 4.90 Å². The Labute approximate surface area is 207 Å². The summed E-state index contributed by atoms with van der Waals surface area (Å²) < 4.78 is 3.05. The molecule has 5 rings (SSSR count). The summed E-state index contributed by atoms with van der Waals surface area (Å²) in [5.41, 5.74) is 3.73. The molecule has 0 saturated carbocycles. The zero-order valence-electron chi connectivity index (χ0n) is 19.3. The molecule has 0 unspecified atom stereocenters. The standard InChI is InChI=1S/C28H24N4O2S/c1-20-8-13-24-25(18-20)35-28(30-24)32(16-5-15-31-17-14-29-19-31)27(34)23-11-9-22(10-12-23)26(33)21-6-3-2-4-7-21/h2-4,6-14,17-19H,5,15-16H2,1H3. The van der Waals surface area contributed by atoms with E-state index in [0.717, 1.165) is 28.7 Å². The predicted molar refractivity (Wildman–Crippen MR) is 139 cm³/mol. The van der Waals surface area contributed by atoms with E-state index in [1.165, 1.54) is 11.3 Å². The molecule has 2 aromatic heterocycles. The molecule has 0 saturated heterocycles. The first kappa shape index (κ1) is 22.7. The number of carbonyl (C=O) groups excluding carboxylic acids is 2. The van der Waals surface area contributed by atoms with Crippen molar-refractivity contribution in [2.45, 2.75) is 19.9 Å². The summed E-state index contributed by atoms with van der Waals surface area (Å²) in [5.74, 6) is -0.201. The van der Waals surface area contributed by atoms with Gasteiger partial charge in [0.05, 0.1) is 16.5 Å². The first-order valence-corrected chi connectivity index (χ1v) is 12.2. The van der Waals surface area contributed by atoms with Gasteiger partial charge in [-0.3, -0.25) is 14.5 Å². The fourth-order valence-corrected chi connectivity index (χ4v) is 5.01. The van der Waals surface area contributed by atoms with E-state index in [0.29, 0.717) is 28.4 Å². The second-order valence-corrected chi connectivity index (χ2v) is 9.36. The van der Waals surface area contributed by atoms with Crippen molar-refractivity contribution in [1.29, 1.82) is 0 Å². The number of imidazole rings is 1. The Morgan fingerprint density at radius 2 is 1.69 bits per heavy atom. The average molecular weight is 481 g/mol. The van der Waals surface area contributed by atoms with Crippen LogP contribution in [0.2, 0.25) is 0 Å². The Morgan fingerprint density at radius 3 is 2.43 bits per heavy atom. The van der Waals surface area contributed by atoms with E-state index in [4.69, 9.17) is 4.98 Å². The molecule has 2 heterocycles. The van der Waals surface area contributed by atoms with Gasteiger partial charge in [0.2, 0.25) is 0 Å². The van der Waals surface area contributed by atoms with Crippen molar-refractivity contribution in [1.82, 2.24) is 14.5 Å². The quantitative estimate of drug-likeness (QED) is 0.265. The molecular formula is C28H24N4O2S. The molecule has 0 N–H and O–H groups in total. The minimum atomic E-state index is -0.134. The number of amides is 1. The van der Waals surface area contributed by atoms with Gasteiger partial charge in [0.25, 0.3) is 5.91 Å². The molecule has 0 aliphatic heterocycles. The van der Waals surface area contributed by atoms with Gasteiger partial charge in [0.1, 0.15) is 0 Å². The van der Waals surface area contributed by atoms with E-state index in [1.807, 2.05) is 48.0 Å². The third-order valence-corrected chi connectivity index (χ3v) is 6.84. The highest BCUT2D eigenvalue weighted by Crippen LogP contribution is 2.30. The van der Waals surface area contributed by atoms with Crippen molar-refractivity contribution in [3.05, 3.63) is 114 Å². The molecule has 1 amide bonds.